The monoisotopic (exact) mass is 234 g/mol. The molecule has 0 bridgehead atoms. The number of nitrogens with two attached hydrogens (primary N) is 1. The van der Waals surface area contributed by atoms with Crippen LogP contribution >= 0.6 is 11.3 Å². The molecule has 2 aromatic rings. The molecule has 0 spiro atoms. The zero-order chi connectivity index (χ0) is 11.4. The maximum absolute atomic E-state index is 5.63. The van der Waals surface area contributed by atoms with Crippen molar-refractivity contribution >= 4 is 23.0 Å². The molecule has 0 fully saturated rings. The number of aromatic nitrogens is 2. The van der Waals surface area contributed by atoms with E-state index in [-0.39, 0.29) is 6.04 Å². The van der Waals surface area contributed by atoms with E-state index in [0.717, 1.165) is 17.2 Å². The number of hydrogen-bond donors (Lipinski definition) is 2. The van der Waals surface area contributed by atoms with E-state index in [0.29, 0.717) is 5.82 Å². The van der Waals surface area contributed by atoms with Crippen LogP contribution < -0.4 is 11.1 Å². The van der Waals surface area contributed by atoms with Crippen molar-refractivity contribution in [3.63, 3.8) is 0 Å². The quantitative estimate of drug-likeness (QED) is 0.853. The zero-order valence-electron chi connectivity index (χ0n) is 9.05. The van der Waals surface area contributed by atoms with Crippen molar-refractivity contribution in [2.45, 2.75) is 19.4 Å². The fourth-order valence-electron chi connectivity index (χ4n) is 1.46. The molecule has 2 rings (SSSR count). The number of nitrogen functional groups attached to an aromatic ring is 1. The first kappa shape index (κ1) is 10.9. The highest BCUT2D eigenvalue weighted by Gasteiger charge is 2.11. The molecule has 5 heteroatoms. The van der Waals surface area contributed by atoms with Crippen molar-refractivity contribution in [2.24, 2.45) is 0 Å². The van der Waals surface area contributed by atoms with Crippen molar-refractivity contribution < 1.29 is 0 Å². The SMILES string of the molecule is CCC(Nc1cccc(N)n1)c1nccs1. The fraction of sp³-hybridized carbons (Fsp3) is 0.273. The highest BCUT2D eigenvalue weighted by molar-refractivity contribution is 7.09. The maximum atomic E-state index is 5.63. The normalized spacial score (nSPS) is 12.3. The van der Waals surface area contributed by atoms with Gasteiger partial charge >= 0.3 is 0 Å². The fourth-order valence-corrected chi connectivity index (χ4v) is 2.23. The summed E-state index contributed by atoms with van der Waals surface area (Å²) in [4.78, 5) is 8.52. The van der Waals surface area contributed by atoms with Crippen LogP contribution in [-0.2, 0) is 0 Å². The number of thiazole rings is 1. The van der Waals surface area contributed by atoms with Crippen LogP contribution in [0, 0.1) is 0 Å². The largest absolute Gasteiger partial charge is 0.384 e. The average Bonchev–Trinajstić information content (AvgIpc) is 2.79. The molecule has 2 heterocycles. The lowest BCUT2D eigenvalue weighted by atomic mass is 10.2. The Morgan fingerprint density at radius 1 is 1.50 bits per heavy atom. The van der Waals surface area contributed by atoms with Gasteiger partial charge in [-0.25, -0.2) is 9.97 Å². The molecule has 3 N–H and O–H groups in total. The van der Waals surface area contributed by atoms with Crippen LogP contribution in [0.1, 0.15) is 24.4 Å². The van der Waals surface area contributed by atoms with Crippen LogP contribution in [0.4, 0.5) is 11.6 Å². The molecule has 0 amide bonds. The van der Waals surface area contributed by atoms with Gasteiger partial charge < -0.3 is 11.1 Å². The third-order valence-electron chi connectivity index (χ3n) is 2.25. The van der Waals surface area contributed by atoms with Crippen LogP contribution in [0.15, 0.2) is 29.8 Å². The molecule has 16 heavy (non-hydrogen) atoms. The third kappa shape index (κ3) is 2.49. The van der Waals surface area contributed by atoms with Gasteiger partial charge in [0.05, 0.1) is 6.04 Å². The highest BCUT2D eigenvalue weighted by Crippen LogP contribution is 2.23. The molecule has 84 valence electrons. The summed E-state index contributed by atoms with van der Waals surface area (Å²) in [6, 6.07) is 5.77. The van der Waals surface area contributed by atoms with Gasteiger partial charge in [0.1, 0.15) is 16.6 Å². The summed E-state index contributed by atoms with van der Waals surface area (Å²) in [7, 11) is 0. The van der Waals surface area contributed by atoms with Crippen molar-refractivity contribution in [3.8, 4) is 0 Å². The second-order valence-corrected chi connectivity index (χ2v) is 4.35. The predicted molar refractivity (Wildman–Crippen MR) is 67.4 cm³/mol. The summed E-state index contributed by atoms with van der Waals surface area (Å²) in [6.07, 6.45) is 2.78. The smallest absolute Gasteiger partial charge is 0.128 e. The van der Waals surface area contributed by atoms with Gasteiger partial charge in [-0.1, -0.05) is 13.0 Å². The van der Waals surface area contributed by atoms with Gasteiger partial charge in [0.15, 0.2) is 0 Å². The third-order valence-corrected chi connectivity index (χ3v) is 3.14. The Labute approximate surface area is 98.6 Å². The minimum atomic E-state index is 0.203. The molecule has 0 radical (unpaired) electrons. The van der Waals surface area contributed by atoms with Crippen LogP contribution in [0.3, 0.4) is 0 Å². The number of rotatable bonds is 4. The van der Waals surface area contributed by atoms with Gasteiger partial charge in [0.25, 0.3) is 0 Å². The van der Waals surface area contributed by atoms with Crippen molar-refractivity contribution in [1.29, 1.82) is 0 Å². The van der Waals surface area contributed by atoms with Crippen LogP contribution in [0.25, 0.3) is 0 Å². The van der Waals surface area contributed by atoms with Gasteiger partial charge in [-0.05, 0) is 18.6 Å². The van der Waals surface area contributed by atoms with Gasteiger partial charge in [0, 0.05) is 11.6 Å². The predicted octanol–water partition coefficient (Wildman–Crippen LogP) is 2.68. The lowest BCUT2D eigenvalue weighted by Gasteiger charge is -2.15. The summed E-state index contributed by atoms with van der Waals surface area (Å²) < 4.78 is 0. The molecule has 4 nitrogen and oxygen atoms in total. The number of nitrogens with one attached hydrogen (secondary N) is 1. The molecular weight excluding hydrogens is 220 g/mol. The van der Waals surface area contributed by atoms with Gasteiger partial charge in [-0.2, -0.15) is 0 Å². The van der Waals surface area contributed by atoms with E-state index in [9.17, 15) is 0 Å². The second-order valence-electron chi connectivity index (χ2n) is 3.42. The Balaban J connectivity index is 2.13. The van der Waals surface area contributed by atoms with E-state index < -0.39 is 0 Å². The number of nitrogens with zero attached hydrogens (tertiary/aromatic N) is 2. The Bertz CT molecular complexity index is 441. The molecule has 0 aliphatic carbocycles. The Kier molecular flexibility index (Phi) is 3.36. The summed E-state index contributed by atoms with van der Waals surface area (Å²) >= 11 is 1.65. The van der Waals surface area contributed by atoms with E-state index in [1.54, 1.807) is 17.4 Å². The number of hydrogen-bond acceptors (Lipinski definition) is 5. The van der Waals surface area contributed by atoms with Gasteiger partial charge in [-0.15, -0.1) is 11.3 Å². The average molecular weight is 234 g/mol. The van der Waals surface area contributed by atoms with Gasteiger partial charge in [-0.3, -0.25) is 0 Å². The molecule has 1 unspecified atom stereocenters. The van der Waals surface area contributed by atoms with Gasteiger partial charge in [0.2, 0.25) is 0 Å². The summed E-state index contributed by atoms with van der Waals surface area (Å²) in [5, 5.41) is 6.38. The molecule has 0 aromatic carbocycles. The van der Waals surface area contributed by atoms with Crippen molar-refractivity contribution in [1.82, 2.24) is 9.97 Å². The standard InChI is InChI=1S/C11H14N4S/c1-2-8(11-13-6-7-16-11)14-10-5-3-4-9(12)15-10/h3-8H,2H2,1H3,(H3,12,14,15). The molecule has 0 saturated heterocycles. The molecule has 1 atom stereocenters. The molecule has 0 saturated carbocycles. The van der Waals surface area contributed by atoms with E-state index in [1.165, 1.54) is 0 Å². The highest BCUT2D eigenvalue weighted by atomic mass is 32.1. The van der Waals surface area contributed by atoms with E-state index in [1.807, 2.05) is 23.7 Å². The molecule has 0 aliphatic rings. The topological polar surface area (TPSA) is 63.8 Å². The lowest BCUT2D eigenvalue weighted by Crippen LogP contribution is -2.10. The van der Waals surface area contributed by atoms with E-state index in [4.69, 9.17) is 5.73 Å². The Morgan fingerprint density at radius 2 is 2.38 bits per heavy atom. The summed E-state index contributed by atoms with van der Waals surface area (Å²) in [5.41, 5.74) is 5.63. The molecule has 2 aromatic heterocycles. The maximum Gasteiger partial charge on any atom is 0.128 e. The second kappa shape index (κ2) is 4.94. The van der Waals surface area contributed by atoms with E-state index >= 15 is 0 Å². The minimum absolute atomic E-state index is 0.203. The van der Waals surface area contributed by atoms with E-state index in [2.05, 4.69) is 22.2 Å². The van der Waals surface area contributed by atoms with Crippen LogP contribution in [-0.4, -0.2) is 9.97 Å². The number of pyridine rings is 1. The Morgan fingerprint density at radius 3 is 3.00 bits per heavy atom. The summed E-state index contributed by atoms with van der Waals surface area (Å²) in [6.45, 7) is 2.12. The minimum Gasteiger partial charge on any atom is -0.384 e. The Hall–Kier alpha value is -1.62. The van der Waals surface area contributed by atoms with Crippen molar-refractivity contribution in [2.75, 3.05) is 11.1 Å². The van der Waals surface area contributed by atoms with Crippen LogP contribution in [0.5, 0.6) is 0 Å². The zero-order valence-corrected chi connectivity index (χ0v) is 9.87. The molecular formula is C11H14N4S. The molecule has 0 aliphatic heterocycles. The summed E-state index contributed by atoms with van der Waals surface area (Å²) in [5.74, 6) is 1.32. The lowest BCUT2D eigenvalue weighted by molar-refractivity contribution is 0.738. The van der Waals surface area contributed by atoms with Crippen LogP contribution in [0.2, 0.25) is 0 Å². The first-order valence-electron chi connectivity index (χ1n) is 5.18. The first-order valence-corrected chi connectivity index (χ1v) is 6.06. The first-order chi connectivity index (χ1) is 7.79. The van der Waals surface area contributed by atoms with Crippen molar-refractivity contribution in [3.05, 3.63) is 34.8 Å². The number of anilines is 2.